The number of nitrogens with one attached hydrogen (secondary N) is 1. The Morgan fingerprint density at radius 3 is 2.88 bits per heavy atom. The molecule has 0 aromatic carbocycles. The first-order valence-corrected chi connectivity index (χ1v) is 6.09. The van der Waals surface area contributed by atoms with Crippen LogP contribution in [0.25, 0.3) is 0 Å². The van der Waals surface area contributed by atoms with Gasteiger partial charge in [0.05, 0.1) is 24.1 Å². The van der Waals surface area contributed by atoms with Gasteiger partial charge < -0.3 is 11.1 Å². The van der Waals surface area contributed by atoms with Crippen molar-refractivity contribution in [2.24, 2.45) is 5.92 Å². The molecule has 0 radical (unpaired) electrons. The van der Waals surface area contributed by atoms with Gasteiger partial charge in [-0.05, 0) is 12.8 Å². The van der Waals surface area contributed by atoms with Gasteiger partial charge in [0, 0.05) is 5.92 Å². The Morgan fingerprint density at radius 1 is 1.41 bits per heavy atom. The van der Waals surface area contributed by atoms with E-state index in [9.17, 15) is 4.79 Å². The summed E-state index contributed by atoms with van der Waals surface area (Å²) in [6.07, 6.45) is 8.58. The highest BCUT2D eigenvalue weighted by Gasteiger charge is 2.20. The Kier molecular flexibility index (Phi) is 3.90. The Morgan fingerprint density at radius 2 is 2.18 bits per heavy atom. The average molecular weight is 234 g/mol. The zero-order chi connectivity index (χ0) is 12.1. The van der Waals surface area contributed by atoms with Crippen molar-refractivity contribution in [3.05, 3.63) is 18.2 Å². The Hall–Kier alpha value is -1.65. The molecule has 3 N–H and O–H groups in total. The maximum absolute atomic E-state index is 11.9. The fraction of sp³-hybridized carbons (Fsp3) is 0.583. The molecule has 5 nitrogen and oxygen atoms in total. The minimum atomic E-state index is 0.128. The first-order chi connectivity index (χ1) is 8.27. The third-order valence-corrected chi connectivity index (χ3v) is 3.23. The number of hydrogen-bond acceptors (Lipinski definition) is 4. The molecule has 1 saturated carbocycles. The highest BCUT2D eigenvalue weighted by atomic mass is 16.1. The van der Waals surface area contributed by atoms with Gasteiger partial charge in [0.15, 0.2) is 0 Å². The zero-order valence-corrected chi connectivity index (χ0v) is 9.85. The first kappa shape index (κ1) is 11.8. The van der Waals surface area contributed by atoms with Crippen LogP contribution in [0.3, 0.4) is 0 Å². The number of nitrogen functional groups attached to an aromatic ring is 1. The normalized spacial score (nSPS) is 16.7. The number of amides is 1. The van der Waals surface area contributed by atoms with Crippen LogP contribution in [0.15, 0.2) is 12.5 Å². The van der Waals surface area contributed by atoms with Gasteiger partial charge in [0.1, 0.15) is 6.33 Å². The van der Waals surface area contributed by atoms with Gasteiger partial charge in [-0.3, -0.25) is 4.79 Å². The summed E-state index contributed by atoms with van der Waals surface area (Å²) in [5, 5.41) is 2.90. The second-order valence-corrected chi connectivity index (χ2v) is 4.48. The maximum Gasteiger partial charge on any atom is 0.223 e. The molecule has 0 aliphatic heterocycles. The lowest BCUT2D eigenvalue weighted by molar-refractivity contribution is -0.126. The van der Waals surface area contributed by atoms with Crippen molar-refractivity contribution < 1.29 is 4.79 Å². The quantitative estimate of drug-likeness (QED) is 0.825. The number of rotatable bonds is 3. The molecule has 0 bridgehead atoms. The summed E-state index contributed by atoms with van der Waals surface area (Å²) < 4.78 is 0. The van der Waals surface area contributed by atoms with Crippen LogP contribution in [0.4, 0.5) is 5.69 Å². The molecule has 0 unspecified atom stereocenters. The lowest BCUT2D eigenvalue weighted by atomic mass is 9.89. The minimum absolute atomic E-state index is 0.128. The number of nitrogens with two attached hydrogens (primary N) is 1. The molecule has 1 aliphatic rings. The molecular weight excluding hydrogens is 216 g/mol. The molecule has 92 valence electrons. The van der Waals surface area contributed by atoms with Crippen LogP contribution in [0.5, 0.6) is 0 Å². The number of anilines is 1. The summed E-state index contributed by atoms with van der Waals surface area (Å²) in [6.45, 7) is 0.393. The van der Waals surface area contributed by atoms with Gasteiger partial charge in [0.2, 0.25) is 5.91 Å². The predicted octanol–water partition coefficient (Wildman–Crippen LogP) is 1.26. The monoisotopic (exact) mass is 234 g/mol. The van der Waals surface area contributed by atoms with Gasteiger partial charge in [-0.15, -0.1) is 0 Å². The lowest BCUT2D eigenvalue weighted by Gasteiger charge is -2.20. The van der Waals surface area contributed by atoms with E-state index in [1.165, 1.54) is 12.7 Å². The summed E-state index contributed by atoms with van der Waals surface area (Å²) in [6, 6.07) is 0. The molecule has 1 heterocycles. The van der Waals surface area contributed by atoms with E-state index in [-0.39, 0.29) is 11.8 Å². The number of carbonyl (C=O) groups is 1. The summed E-state index contributed by atoms with van der Waals surface area (Å²) >= 11 is 0. The van der Waals surface area contributed by atoms with Gasteiger partial charge >= 0.3 is 0 Å². The van der Waals surface area contributed by atoms with Crippen molar-refractivity contribution in [3.8, 4) is 0 Å². The summed E-state index contributed by atoms with van der Waals surface area (Å²) in [4.78, 5) is 19.7. The van der Waals surface area contributed by atoms with E-state index < -0.39 is 0 Å². The Balaban J connectivity index is 1.85. The van der Waals surface area contributed by atoms with Crippen LogP contribution in [0.1, 0.15) is 37.8 Å². The van der Waals surface area contributed by atoms with Gasteiger partial charge in [-0.25, -0.2) is 9.97 Å². The van der Waals surface area contributed by atoms with Gasteiger partial charge in [-0.2, -0.15) is 0 Å². The van der Waals surface area contributed by atoms with Crippen LogP contribution in [-0.4, -0.2) is 15.9 Å². The molecule has 2 rings (SSSR count). The largest absolute Gasteiger partial charge is 0.396 e. The Labute approximate surface area is 101 Å². The molecule has 0 spiro atoms. The summed E-state index contributed by atoms with van der Waals surface area (Å²) in [5.41, 5.74) is 6.92. The van der Waals surface area contributed by atoms with Crippen LogP contribution in [-0.2, 0) is 11.3 Å². The molecule has 5 heteroatoms. The SMILES string of the molecule is Nc1cncnc1CNC(=O)C1CCCCC1. The third kappa shape index (κ3) is 3.15. The highest BCUT2D eigenvalue weighted by Crippen LogP contribution is 2.23. The molecular formula is C12H18N4O. The second kappa shape index (κ2) is 5.61. The van der Waals surface area contributed by atoms with E-state index in [0.717, 1.165) is 25.7 Å². The van der Waals surface area contributed by atoms with E-state index in [1.807, 2.05) is 0 Å². The van der Waals surface area contributed by atoms with E-state index in [0.29, 0.717) is 17.9 Å². The number of nitrogens with zero attached hydrogens (tertiary/aromatic N) is 2. The topological polar surface area (TPSA) is 80.9 Å². The lowest BCUT2D eigenvalue weighted by Crippen LogP contribution is -2.32. The highest BCUT2D eigenvalue weighted by molar-refractivity contribution is 5.78. The van der Waals surface area contributed by atoms with E-state index >= 15 is 0 Å². The smallest absolute Gasteiger partial charge is 0.223 e. The maximum atomic E-state index is 11.9. The fourth-order valence-electron chi connectivity index (χ4n) is 2.19. The van der Waals surface area contributed by atoms with Crippen LogP contribution in [0, 0.1) is 5.92 Å². The predicted molar refractivity (Wildman–Crippen MR) is 64.9 cm³/mol. The van der Waals surface area contributed by atoms with Crippen LogP contribution in [0.2, 0.25) is 0 Å². The first-order valence-electron chi connectivity index (χ1n) is 6.09. The van der Waals surface area contributed by atoms with Crippen molar-refractivity contribution in [3.63, 3.8) is 0 Å². The average Bonchev–Trinajstić information content (AvgIpc) is 2.38. The molecule has 1 aromatic heterocycles. The van der Waals surface area contributed by atoms with Crippen LogP contribution >= 0.6 is 0 Å². The molecule has 1 aromatic rings. The van der Waals surface area contributed by atoms with Gasteiger partial charge in [-0.1, -0.05) is 19.3 Å². The van der Waals surface area contributed by atoms with E-state index in [4.69, 9.17) is 5.73 Å². The van der Waals surface area contributed by atoms with Crippen molar-refractivity contribution in [2.75, 3.05) is 5.73 Å². The number of aromatic nitrogens is 2. The molecule has 1 fully saturated rings. The fourth-order valence-corrected chi connectivity index (χ4v) is 2.19. The molecule has 1 aliphatic carbocycles. The third-order valence-electron chi connectivity index (χ3n) is 3.23. The molecule has 0 saturated heterocycles. The minimum Gasteiger partial charge on any atom is -0.396 e. The number of carbonyl (C=O) groups excluding carboxylic acids is 1. The van der Waals surface area contributed by atoms with Gasteiger partial charge in [0.25, 0.3) is 0 Å². The summed E-state index contributed by atoms with van der Waals surface area (Å²) in [7, 11) is 0. The van der Waals surface area contributed by atoms with E-state index in [2.05, 4.69) is 15.3 Å². The second-order valence-electron chi connectivity index (χ2n) is 4.48. The molecule has 17 heavy (non-hydrogen) atoms. The zero-order valence-electron chi connectivity index (χ0n) is 9.85. The van der Waals surface area contributed by atoms with Crippen molar-refractivity contribution in [2.45, 2.75) is 38.6 Å². The number of hydrogen-bond donors (Lipinski definition) is 2. The van der Waals surface area contributed by atoms with Crippen molar-refractivity contribution in [1.82, 2.24) is 15.3 Å². The van der Waals surface area contributed by atoms with E-state index in [1.54, 1.807) is 6.20 Å². The molecule has 1 amide bonds. The molecule has 0 atom stereocenters. The van der Waals surface area contributed by atoms with Crippen LogP contribution < -0.4 is 11.1 Å². The Bertz CT molecular complexity index is 388. The summed E-state index contributed by atoms with van der Waals surface area (Å²) in [5.74, 6) is 0.300. The van der Waals surface area contributed by atoms with Crippen molar-refractivity contribution >= 4 is 11.6 Å². The van der Waals surface area contributed by atoms with Crippen molar-refractivity contribution in [1.29, 1.82) is 0 Å². The standard InChI is InChI=1S/C12H18N4O/c13-10-6-14-8-16-11(10)7-15-12(17)9-4-2-1-3-5-9/h6,8-9H,1-5,7,13H2,(H,15,17).